The molecule has 0 radical (unpaired) electrons. The summed E-state index contributed by atoms with van der Waals surface area (Å²) in [6.07, 6.45) is 6.40. The molecule has 0 fully saturated rings. The van der Waals surface area contributed by atoms with Gasteiger partial charge in [0, 0.05) is 46.7 Å². The minimum absolute atomic E-state index is 0.219. The third-order valence-corrected chi connectivity index (χ3v) is 6.52. The zero-order valence-corrected chi connectivity index (χ0v) is 22.1. The molecule has 0 spiro atoms. The van der Waals surface area contributed by atoms with Crippen LogP contribution in [0, 0.1) is 0 Å². The Morgan fingerprint density at radius 2 is 0.868 bits per heavy atom. The van der Waals surface area contributed by atoms with Crippen LogP contribution in [-0.4, -0.2) is 24.9 Å². The molecule has 0 atom stereocenters. The lowest BCUT2D eigenvalue weighted by Crippen LogP contribution is -2.40. The zero-order chi connectivity index (χ0) is 26.7. The third kappa shape index (κ3) is 7.22. The second-order valence-electron chi connectivity index (χ2n) is 8.36. The van der Waals surface area contributed by atoms with Gasteiger partial charge < -0.3 is 9.80 Å². The average Bonchev–Trinajstić information content (AvgIpc) is 2.95. The van der Waals surface area contributed by atoms with Crippen molar-refractivity contribution in [2.75, 3.05) is 22.9 Å². The number of carbonyl (C=O) groups is 2. The lowest BCUT2D eigenvalue weighted by Gasteiger charge is -2.27. The number of hydrogen-bond acceptors (Lipinski definition) is 2. The van der Waals surface area contributed by atoms with E-state index in [0.29, 0.717) is 10.0 Å². The first-order valence-corrected chi connectivity index (χ1v) is 12.9. The summed E-state index contributed by atoms with van der Waals surface area (Å²) in [6.45, 7) is 0.548. The molecule has 0 aliphatic rings. The Balaban J connectivity index is 1.58. The molecule has 0 heterocycles. The standard InChI is InChI=1S/C32H26Cl2N2O2/c33-29-17-9-7-11-25(29)19-21-31(37)35(27-13-3-1-4-14-27)23-24-36(28-15-5-2-6-16-28)32(38)22-20-26-12-8-10-18-30(26)34/h1-22H,23-24H2. The van der Waals surface area contributed by atoms with Crippen LogP contribution >= 0.6 is 23.2 Å². The largest absolute Gasteiger partial charge is 0.307 e. The Hall–Kier alpha value is -4.12. The molecule has 4 aromatic carbocycles. The second kappa shape index (κ2) is 13.4. The van der Waals surface area contributed by atoms with Gasteiger partial charge in [-0.3, -0.25) is 9.59 Å². The van der Waals surface area contributed by atoms with Gasteiger partial charge in [0.25, 0.3) is 11.8 Å². The summed E-state index contributed by atoms with van der Waals surface area (Å²) in [6, 6.07) is 33.4. The van der Waals surface area contributed by atoms with Gasteiger partial charge >= 0.3 is 0 Å². The summed E-state index contributed by atoms with van der Waals surface area (Å²) in [5, 5.41) is 1.13. The molecule has 6 heteroatoms. The Labute approximate surface area is 233 Å². The molecule has 2 amide bonds. The molecular formula is C32H26Cl2N2O2. The Kier molecular flexibility index (Phi) is 9.52. The van der Waals surface area contributed by atoms with Crippen molar-refractivity contribution in [1.29, 1.82) is 0 Å². The molecule has 0 unspecified atom stereocenters. The highest BCUT2D eigenvalue weighted by Gasteiger charge is 2.19. The topological polar surface area (TPSA) is 40.6 Å². The fourth-order valence-corrected chi connectivity index (χ4v) is 4.27. The summed E-state index contributed by atoms with van der Waals surface area (Å²) < 4.78 is 0. The predicted octanol–water partition coefficient (Wildman–Crippen LogP) is 7.79. The fraction of sp³-hybridized carbons (Fsp3) is 0.0625. The molecule has 0 N–H and O–H groups in total. The number of amides is 2. The van der Waals surface area contributed by atoms with Crippen LogP contribution in [0.5, 0.6) is 0 Å². The highest BCUT2D eigenvalue weighted by atomic mass is 35.5. The summed E-state index contributed by atoms with van der Waals surface area (Å²) >= 11 is 12.5. The number of anilines is 2. The number of carbonyl (C=O) groups excluding carboxylic acids is 2. The normalized spacial score (nSPS) is 11.1. The summed E-state index contributed by atoms with van der Waals surface area (Å²) in [7, 11) is 0. The molecule has 0 aliphatic heterocycles. The maximum absolute atomic E-state index is 13.4. The maximum Gasteiger partial charge on any atom is 0.251 e. The molecule has 190 valence electrons. The van der Waals surface area contributed by atoms with Crippen LogP contribution in [-0.2, 0) is 9.59 Å². The number of rotatable bonds is 9. The minimum atomic E-state index is -0.219. The Morgan fingerprint density at radius 3 is 1.24 bits per heavy atom. The van der Waals surface area contributed by atoms with E-state index in [0.717, 1.165) is 22.5 Å². The van der Waals surface area contributed by atoms with Crippen molar-refractivity contribution >= 4 is 58.5 Å². The van der Waals surface area contributed by atoms with E-state index in [2.05, 4.69) is 0 Å². The highest BCUT2D eigenvalue weighted by Crippen LogP contribution is 2.21. The van der Waals surface area contributed by atoms with Crippen LogP contribution in [0.2, 0.25) is 10.0 Å². The quantitative estimate of drug-likeness (QED) is 0.203. The molecule has 0 saturated carbocycles. The molecule has 4 rings (SSSR count). The van der Waals surface area contributed by atoms with Crippen molar-refractivity contribution in [3.8, 4) is 0 Å². The average molecular weight is 541 g/mol. The van der Waals surface area contributed by atoms with Gasteiger partial charge in [0.1, 0.15) is 0 Å². The van der Waals surface area contributed by atoms with Crippen molar-refractivity contribution < 1.29 is 9.59 Å². The van der Waals surface area contributed by atoms with Crippen molar-refractivity contribution in [3.05, 3.63) is 143 Å². The van der Waals surface area contributed by atoms with E-state index in [1.165, 1.54) is 12.2 Å². The van der Waals surface area contributed by atoms with E-state index in [-0.39, 0.29) is 24.9 Å². The first-order valence-electron chi connectivity index (χ1n) is 12.1. The van der Waals surface area contributed by atoms with Gasteiger partial charge in [0.15, 0.2) is 0 Å². The van der Waals surface area contributed by atoms with Gasteiger partial charge in [-0.2, -0.15) is 0 Å². The van der Waals surface area contributed by atoms with Crippen LogP contribution in [0.25, 0.3) is 12.2 Å². The molecule has 0 aromatic heterocycles. The third-order valence-electron chi connectivity index (χ3n) is 5.84. The van der Waals surface area contributed by atoms with Gasteiger partial charge in [-0.15, -0.1) is 0 Å². The second-order valence-corrected chi connectivity index (χ2v) is 9.17. The van der Waals surface area contributed by atoms with E-state index in [9.17, 15) is 9.59 Å². The van der Waals surface area contributed by atoms with E-state index >= 15 is 0 Å². The predicted molar refractivity (Wildman–Crippen MR) is 159 cm³/mol. The molecule has 0 bridgehead atoms. The molecular weight excluding hydrogens is 515 g/mol. The van der Waals surface area contributed by atoms with Crippen molar-refractivity contribution in [3.63, 3.8) is 0 Å². The summed E-state index contributed by atoms with van der Waals surface area (Å²) in [5.41, 5.74) is 2.96. The smallest absolute Gasteiger partial charge is 0.251 e. The van der Waals surface area contributed by atoms with Crippen LogP contribution in [0.4, 0.5) is 11.4 Å². The zero-order valence-electron chi connectivity index (χ0n) is 20.6. The fourth-order valence-electron chi connectivity index (χ4n) is 3.87. The number of benzene rings is 4. The lowest BCUT2D eigenvalue weighted by molar-refractivity contribution is -0.115. The van der Waals surface area contributed by atoms with Gasteiger partial charge in [-0.1, -0.05) is 96.0 Å². The number of nitrogens with zero attached hydrogens (tertiary/aromatic N) is 2. The molecule has 4 nitrogen and oxygen atoms in total. The SMILES string of the molecule is O=C(C=Cc1ccccc1Cl)N(CCN(C(=O)C=Cc1ccccc1Cl)c1ccccc1)c1ccccc1. The number of hydrogen-bond donors (Lipinski definition) is 0. The molecule has 0 saturated heterocycles. The number of halogens is 2. The van der Waals surface area contributed by atoms with Crippen LogP contribution < -0.4 is 9.80 Å². The highest BCUT2D eigenvalue weighted by molar-refractivity contribution is 6.32. The van der Waals surface area contributed by atoms with Gasteiger partial charge in [-0.05, 0) is 59.7 Å². The van der Waals surface area contributed by atoms with Gasteiger partial charge in [0.2, 0.25) is 0 Å². The lowest BCUT2D eigenvalue weighted by atomic mass is 10.2. The van der Waals surface area contributed by atoms with Crippen LogP contribution in [0.1, 0.15) is 11.1 Å². The van der Waals surface area contributed by atoms with Crippen molar-refractivity contribution in [2.45, 2.75) is 0 Å². The molecule has 4 aromatic rings. The summed E-state index contributed by atoms with van der Waals surface area (Å²) in [5.74, 6) is -0.439. The van der Waals surface area contributed by atoms with Crippen molar-refractivity contribution in [2.24, 2.45) is 0 Å². The Bertz CT molecular complexity index is 1330. The van der Waals surface area contributed by atoms with E-state index in [1.807, 2.05) is 97.1 Å². The van der Waals surface area contributed by atoms with Gasteiger partial charge in [0.05, 0.1) is 0 Å². The van der Waals surface area contributed by atoms with E-state index < -0.39 is 0 Å². The van der Waals surface area contributed by atoms with Crippen LogP contribution in [0.3, 0.4) is 0 Å². The molecule has 0 aliphatic carbocycles. The monoisotopic (exact) mass is 540 g/mol. The molecule has 38 heavy (non-hydrogen) atoms. The minimum Gasteiger partial charge on any atom is -0.307 e. The van der Waals surface area contributed by atoms with E-state index in [1.54, 1.807) is 34.1 Å². The maximum atomic E-state index is 13.4. The van der Waals surface area contributed by atoms with E-state index in [4.69, 9.17) is 23.2 Å². The van der Waals surface area contributed by atoms with Gasteiger partial charge in [-0.25, -0.2) is 0 Å². The van der Waals surface area contributed by atoms with Crippen LogP contribution in [0.15, 0.2) is 121 Å². The number of para-hydroxylation sites is 2. The first-order chi connectivity index (χ1) is 18.5. The first kappa shape index (κ1) is 26.9. The summed E-state index contributed by atoms with van der Waals surface area (Å²) in [4.78, 5) is 30.0. The van der Waals surface area contributed by atoms with Crippen molar-refractivity contribution in [1.82, 2.24) is 0 Å². The Morgan fingerprint density at radius 1 is 0.526 bits per heavy atom.